The summed E-state index contributed by atoms with van der Waals surface area (Å²) in [7, 11) is 0. The van der Waals surface area contributed by atoms with Crippen LogP contribution in [0.1, 0.15) is 62.8 Å². The standard InChI is InChI=1S/C29H33ClFN5O3/c30-22-14-19(38)13-20(23(22)17-3-4-17)25-24(31)26-21(15-32-25)27(35-11-5-18(37)6-12-35)34-28(33-26)39-16-29-7-1-9-36(29)10-2-8-29/h13-15,17-18,37-38H,1-12,16H2. The Balaban J connectivity index is 1.33. The molecule has 3 aromatic rings. The second-order valence-corrected chi connectivity index (χ2v) is 12.0. The third-order valence-corrected chi connectivity index (χ3v) is 9.36. The Morgan fingerprint density at radius 3 is 2.51 bits per heavy atom. The van der Waals surface area contributed by atoms with E-state index in [-0.39, 0.29) is 40.5 Å². The van der Waals surface area contributed by atoms with E-state index >= 15 is 4.39 Å². The van der Waals surface area contributed by atoms with Crippen LogP contribution < -0.4 is 9.64 Å². The molecule has 2 N–H and O–H groups in total. The zero-order chi connectivity index (χ0) is 26.7. The number of phenols is 1. The number of pyridine rings is 1. The SMILES string of the molecule is Oc1cc(Cl)c(C2CC2)c(-c2ncc3c(N4CCC(O)CC4)nc(OCC45CCCN4CCC5)nc3c2F)c1. The van der Waals surface area contributed by atoms with Crippen LogP contribution in [0, 0.1) is 5.82 Å². The molecular formula is C29H33ClFN5O3. The molecule has 10 heteroatoms. The van der Waals surface area contributed by atoms with Gasteiger partial charge in [0, 0.05) is 29.9 Å². The molecule has 1 aliphatic carbocycles. The van der Waals surface area contributed by atoms with Gasteiger partial charge in [0.15, 0.2) is 5.82 Å². The molecule has 4 aliphatic rings. The number of fused-ring (bicyclic) bond motifs is 2. The number of hydrogen-bond donors (Lipinski definition) is 2. The summed E-state index contributed by atoms with van der Waals surface area (Å²) in [6, 6.07) is 3.20. The minimum atomic E-state index is -0.580. The fraction of sp³-hybridized carbons (Fsp3) is 0.552. The second kappa shape index (κ2) is 9.71. The molecule has 0 unspecified atom stereocenters. The van der Waals surface area contributed by atoms with Crippen molar-refractivity contribution in [2.75, 3.05) is 37.7 Å². The number of anilines is 1. The monoisotopic (exact) mass is 553 g/mol. The van der Waals surface area contributed by atoms with Gasteiger partial charge in [-0.2, -0.15) is 9.97 Å². The number of nitrogens with zero attached hydrogens (tertiary/aromatic N) is 5. The van der Waals surface area contributed by atoms with Crippen molar-refractivity contribution in [3.63, 3.8) is 0 Å². The number of piperidine rings is 1. The number of aliphatic hydroxyl groups is 1. The highest BCUT2D eigenvalue weighted by Crippen LogP contribution is 2.49. The maximum atomic E-state index is 16.4. The molecule has 0 spiro atoms. The van der Waals surface area contributed by atoms with Crippen LogP contribution in [-0.4, -0.2) is 74.5 Å². The van der Waals surface area contributed by atoms with E-state index < -0.39 is 5.82 Å². The van der Waals surface area contributed by atoms with Gasteiger partial charge in [-0.15, -0.1) is 0 Å². The van der Waals surface area contributed by atoms with Crippen molar-refractivity contribution in [2.45, 2.75) is 68.9 Å². The van der Waals surface area contributed by atoms with E-state index in [9.17, 15) is 10.2 Å². The lowest BCUT2D eigenvalue weighted by Crippen LogP contribution is -2.43. The van der Waals surface area contributed by atoms with Gasteiger partial charge in [-0.05, 0) is 88.1 Å². The van der Waals surface area contributed by atoms with Gasteiger partial charge >= 0.3 is 6.01 Å². The van der Waals surface area contributed by atoms with Crippen molar-refractivity contribution in [3.8, 4) is 23.0 Å². The molecule has 1 saturated carbocycles. The van der Waals surface area contributed by atoms with Crippen molar-refractivity contribution in [1.29, 1.82) is 0 Å². The molecule has 5 heterocycles. The summed E-state index contributed by atoms with van der Waals surface area (Å²) in [6.45, 7) is 3.85. The number of aliphatic hydroxyl groups excluding tert-OH is 1. The van der Waals surface area contributed by atoms with Crippen molar-refractivity contribution in [1.82, 2.24) is 19.9 Å². The minimum absolute atomic E-state index is 0.00709. The number of phenolic OH excluding ortho intramolecular Hbond substituents is 1. The summed E-state index contributed by atoms with van der Waals surface area (Å²) in [5, 5.41) is 21.3. The number of ether oxygens (including phenoxy) is 1. The van der Waals surface area contributed by atoms with Gasteiger partial charge in [0.25, 0.3) is 0 Å². The van der Waals surface area contributed by atoms with Gasteiger partial charge in [-0.1, -0.05) is 11.6 Å². The van der Waals surface area contributed by atoms with Gasteiger partial charge in [-0.3, -0.25) is 9.88 Å². The Kier molecular flexibility index (Phi) is 6.28. The average Bonchev–Trinajstić information content (AvgIpc) is 3.55. The molecule has 0 radical (unpaired) electrons. The van der Waals surface area contributed by atoms with E-state index in [1.807, 2.05) is 0 Å². The molecule has 0 bridgehead atoms. The zero-order valence-corrected chi connectivity index (χ0v) is 22.6. The summed E-state index contributed by atoms with van der Waals surface area (Å²) < 4.78 is 22.7. The first-order chi connectivity index (χ1) is 18.9. The Bertz CT molecular complexity index is 1420. The van der Waals surface area contributed by atoms with Crippen LogP contribution in [0.3, 0.4) is 0 Å². The topological polar surface area (TPSA) is 94.8 Å². The van der Waals surface area contributed by atoms with Crippen LogP contribution in [0.2, 0.25) is 5.02 Å². The smallest absolute Gasteiger partial charge is 0.319 e. The summed E-state index contributed by atoms with van der Waals surface area (Å²) in [5.41, 5.74) is 1.57. The first-order valence-electron chi connectivity index (χ1n) is 14.1. The Labute approximate surface area is 231 Å². The lowest BCUT2D eigenvalue weighted by Gasteiger charge is -2.32. The van der Waals surface area contributed by atoms with E-state index in [1.165, 1.54) is 12.1 Å². The van der Waals surface area contributed by atoms with E-state index in [0.29, 0.717) is 54.3 Å². The zero-order valence-electron chi connectivity index (χ0n) is 21.9. The van der Waals surface area contributed by atoms with Crippen LogP contribution in [0.5, 0.6) is 11.8 Å². The van der Waals surface area contributed by atoms with Crippen LogP contribution in [0.4, 0.5) is 10.2 Å². The number of rotatable bonds is 6. The minimum Gasteiger partial charge on any atom is -0.508 e. The lowest BCUT2D eigenvalue weighted by atomic mass is 9.95. The van der Waals surface area contributed by atoms with E-state index in [2.05, 4.69) is 19.8 Å². The maximum Gasteiger partial charge on any atom is 0.319 e. The molecule has 3 aliphatic heterocycles. The van der Waals surface area contributed by atoms with Gasteiger partial charge in [0.2, 0.25) is 0 Å². The van der Waals surface area contributed by atoms with Crippen LogP contribution in [0.15, 0.2) is 18.3 Å². The molecule has 0 amide bonds. The van der Waals surface area contributed by atoms with Gasteiger partial charge in [0.05, 0.1) is 17.0 Å². The first-order valence-corrected chi connectivity index (χ1v) is 14.5. The number of hydrogen-bond acceptors (Lipinski definition) is 8. The van der Waals surface area contributed by atoms with Crippen LogP contribution in [0.25, 0.3) is 22.2 Å². The molecule has 39 heavy (non-hydrogen) atoms. The molecule has 1 aromatic carbocycles. The molecule has 7 rings (SSSR count). The molecule has 0 atom stereocenters. The predicted octanol–water partition coefficient (Wildman–Crippen LogP) is 5.04. The Hall–Kier alpha value is -2.75. The predicted molar refractivity (Wildman–Crippen MR) is 147 cm³/mol. The third-order valence-electron chi connectivity index (χ3n) is 9.04. The first kappa shape index (κ1) is 25.2. The largest absolute Gasteiger partial charge is 0.508 e. The van der Waals surface area contributed by atoms with Gasteiger partial charge in [-0.25, -0.2) is 4.39 Å². The molecule has 8 nitrogen and oxygen atoms in total. The fourth-order valence-electron chi connectivity index (χ4n) is 6.84. The molecule has 206 valence electrons. The van der Waals surface area contributed by atoms with Crippen molar-refractivity contribution in [2.24, 2.45) is 0 Å². The fourth-order valence-corrected chi connectivity index (χ4v) is 7.21. The normalized spacial score (nSPS) is 21.6. The number of benzene rings is 1. The van der Waals surface area contributed by atoms with Gasteiger partial charge < -0.3 is 19.8 Å². The van der Waals surface area contributed by atoms with E-state index in [4.69, 9.17) is 21.3 Å². The van der Waals surface area contributed by atoms with Crippen LogP contribution in [-0.2, 0) is 0 Å². The van der Waals surface area contributed by atoms with Crippen molar-refractivity contribution >= 4 is 28.3 Å². The highest BCUT2D eigenvalue weighted by Gasteiger charge is 2.45. The quantitative estimate of drug-likeness (QED) is 0.439. The molecule has 4 fully saturated rings. The number of halogens is 2. The highest BCUT2D eigenvalue weighted by atomic mass is 35.5. The van der Waals surface area contributed by atoms with E-state index in [0.717, 1.165) is 57.2 Å². The summed E-state index contributed by atoms with van der Waals surface area (Å²) in [4.78, 5) is 18.5. The summed E-state index contributed by atoms with van der Waals surface area (Å²) in [6.07, 6.45) is 8.90. The van der Waals surface area contributed by atoms with E-state index in [1.54, 1.807) is 6.20 Å². The molecule has 2 aromatic heterocycles. The average molecular weight is 554 g/mol. The third kappa shape index (κ3) is 4.48. The molecule has 3 saturated heterocycles. The second-order valence-electron chi connectivity index (χ2n) is 11.6. The lowest BCUT2D eigenvalue weighted by molar-refractivity contribution is 0.107. The maximum absolute atomic E-state index is 16.4. The number of aromatic nitrogens is 3. The Morgan fingerprint density at radius 1 is 1.05 bits per heavy atom. The Morgan fingerprint density at radius 2 is 1.79 bits per heavy atom. The van der Waals surface area contributed by atoms with Crippen molar-refractivity contribution in [3.05, 3.63) is 34.7 Å². The summed E-state index contributed by atoms with van der Waals surface area (Å²) in [5.74, 6) is 0.188. The van der Waals surface area contributed by atoms with Gasteiger partial charge in [0.1, 0.15) is 29.4 Å². The highest BCUT2D eigenvalue weighted by molar-refractivity contribution is 6.32. The summed E-state index contributed by atoms with van der Waals surface area (Å²) >= 11 is 6.51. The number of aromatic hydroxyl groups is 1. The van der Waals surface area contributed by atoms with Crippen LogP contribution >= 0.6 is 11.6 Å². The molecular weight excluding hydrogens is 521 g/mol. The van der Waals surface area contributed by atoms with Crippen molar-refractivity contribution < 1.29 is 19.3 Å².